The minimum absolute atomic E-state index is 0.00608. The van der Waals surface area contributed by atoms with Crippen LogP contribution in [0.3, 0.4) is 0 Å². The molecule has 156 valence electrons. The van der Waals surface area contributed by atoms with Gasteiger partial charge < -0.3 is 10.1 Å². The lowest BCUT2D eigenvalue weighted by atomic mass is 10.0. The first kappa shape index (κ1) is 20.3. The van der Waals surface area contributed by atoms with Gasteiger partial charge in [0.05, 0.1) is 30.4 Å². The molecule has 1 fully saturated rings. The van der Waals surface area contributed by atoms with Gasteiger partial charge >= 0.3 is 0 Å². The number of hydrogen-bond acceptors (Lipinski definition) is 5. The van der Waals surface area contributed by atoms with E-state index in [2.05, 4.69) is 10.2 Å². The Bertz CT molecular complexity index is 905. The lowest BCUT2D eigenvalue weighted by Gasteiger charge is -2.35. The number of fused-ring (bicyclic) bond motifs is 1. The molecule has 1 N–H and O–H groups in total. The molecule has 3 amide bonds. The number of amides is 3. The summed E-state index contributed by atoms with van der Waals surface area (Å²) in [5, 5.41) is 2.96. The Morgan fingerprint density at radius 3 is 2.13 bits per heavy atom. The van der Waals surface area contributed by atoms with Crippen molar-refractivity contribution >= 4 is 17.7 Å². The highest BCUT2D eigenvalue weighted by molar-refractivity contribution is 6.22. The molecule has 0 aliphatic carbocycles. The van der Waals surface area contributed by atoms with Crippen LogP contribution in [0.5, 0.6) is 0 Å². The molecule has 0 radical (unpaired) electrons. The monoisotopic (exact) mass is 407 g/mol. The molecule has 2 heterocycles. The summed E-state index contributed by atoms with van der Waals surface area (Å²) >= 11 is 0. The average molecular weight is 407 g/mol. The molecule has 1 saturated heterocycles. The molecule has 7 nitrogen and oxygen atoms in total. The van der Waals surface area contributed by atoms with Crippen molar-refractivity contribution < 1.29 is 19.1 Å². The van der Waals surface area contributed by atoms with Gasteiger partial charge in [-0.25, -0.2) is 0 Å². The molecular weight excluding hydrogens is 382 g/mol. The second kappa shape index (κ2) is 8.77. The van der Waals surface area contributed by atoms with Gasteiger partial charge in [-0.2, -0.15) is 0 Å². The van der Waals surface area contributed by atoms with E-state index in [0.29, 0.717) is 30.9 Å². The van der Waals surface area contributed by atoms with Gasteiger partial charge in [-0.15, -0.1) is 0 Å². The second-order valence-electron chi connectivity index (χ2n) is 7.52. The number of rotatable bonds is 6. The lowest BCUT2D eigenvalue weighted by Crippen LogP contribution is -2.50. The average Bonchev–Trinajstić information content (AvgIpc) is 3.05. The number of carbonyl (C=O) groups is 3. The smallest absolute Gasteiger partial charge is 0.262 e. The van der Waals surface area contributed by atoms with Crippen LogP contribution in [0.2, 0.25) is 0 Å². The predicted molar refractivity (Wildman–Crippen MR) is 111 cm³/mol. The summed E-state index contributed by atoms with van der Waals surface area (Å²) in [7, 11) is 0. The molecule has 0 saturated carbocycles. The highest BCUT2D eigenvalue weighted by atomic mass is 16.5. The Hall–Kier alpha value is -3.03. The summed E-state index contributed by atoms with van der Waals surface area (Å²) in [6.07, 6.45) is 0. The van der Waals surface area contributed by atoms with Crippen molar-refractivity contribution in [3.8, 4) is 0 Å². The molecule has 0 bridgehead atoms. The molecule has 2 aliphatic heterocycles. The van der Waals surface area contributed by atoms with E-state index in [1.807, 2.05) is 30.3 Å². The van der Waals surface area contributed by atoms with Crippen molar-refractivity contribution in [2.75, 3.05) is 32.8 Å². The van der Waals surface area contributed by atoms with E-state index in [-0.39, 0.29) is 11.9 Å². The number of imide groups is 1. The Balaban J connectivity index is 1.46. The fraction of sp³-hybridized carbons (Fsp3) is 0.348. The van der Waals surface area contributed by atoms with Crippen molar-refractivity contribution in [2.45, 2.75) is 19.0 Å². The third-order valence-corrected chi connectivity index (χ3v) is 5.73. The topological polar surface area (TPSA) is 79.0 Å². The van der Waals surface area contributed by atoms with Gasteiger partial charge in [0.15, 0.2) is 0 Å². The summed E-state index contributed by atoms with van der Waals surface area (Å²) in [5.41, 5.74) is 1.79. The highest BCUT2D eigenvalue weighted by Gasteiger charge is 2.40. The third-order valence-electron chi connectivity index (χ3n) is 5.73. The zero-order valence-electron chi connectivity index (χ0n) is 16.9. The van der Waals surface area contributed by atoms with E-state index in [4.69, 9.17) is 4.74 Å². The number of carbonyl (C=O) groups excluding carboxylic acids is 3. The SMILES string of the molecule is CC(C(=O)NCC(c1ccccc1)N1CCOCC1)N1C(=O)c2ccccc2C1=O. The lowest BCUT2D eigenvalue weighted by molar-refractivity contribution is -0.124. The van der Waals surface area contributed by atoms with Crippen LogP contribution in [0.15, 0.2) is 54.6 Å². The minimum atomic E-state index is -0.890. The Morgan fingerprint density at radius 1 is 0.967 bits per heavy atom. The summed E-state index contributed by atoms with van der Waals surface area (Å²) in [5.74, 6) is -1.20. The Labute approximate surface area is 175 Å². The van der Waals surface area contributed by atoms with E-state index in [0.717, 1.165) is 23.6 Å². The summed E-state index contributed by atoms with van der Waals surface area (Å²) in [6, 6.07) is 15.8. The third kappa shape index (κ3) is 3.86. The van der Waals surface area contributed by atoms with Crippen LogP contribution in [0.1, 0.15) is 39.2 Å². The molecule has 0 spiro atoms. The second-order valence-corrected chi connectivity index (χ2v) is 7.52. The van der Waals surface area contributed by atoms with Gasteiger partial charge in [-0.3, -0.25) is 24.2 Å². The molecular formula is C23H25N3O4. The van der Waals surface area contributed by atoms with Crippen molar-refractivity contribution in [3.63, 3.8) is 0 Å². The van der Waals surface area contributed by atoms with Gasteiger partial charge in [0.2, 0.25) is 5.91 Å². The normalized spacial score (nSPS) is 18.8. The number of nitrogens with zero attached hydrogens (tertiary/aromatic N) is 2. The zero-order valence-corrected chi connectivity index (χ0v) is 16.9. The zero-order chi connectivity index (χ0) is 21.1. The minimum Gasteiger partial charge on any atom is -0.379 e. The van der Waals surface area contributed by atoms with Crippen molar-refractivity contribution in [3.05, 3.63) is 71.3 Å². The molecule has 0 aromatic heterocycles. The number of hydrogen-bond donors (Lipinski definition) is 1. The van der Waals surface area contributed by atoms with Gasteiger partial charge in [0.1, 0.15) is 6.04 Å². The predicted octanol–water partition coefficient (Wildman–Crippen LogP) is 1.86. The molecule has 2 aromatic carbocycles. The summed E-state index contributed by atoms with van der Waals surface area (Å²) in [6.45, 7) is 4.85. The van der Waals surface area contributed by atoms with Gasteiger partial charge in [0.25, 0.3) is 11.8 Å². The first-order valence-corrected chi connectivity index (χ1v) is 10.2. The van der Waals surface area contributed by atoms with Crippen LogP contribution in [0.25, 0.3) is 0 Å². The number of ether oxygens (including phenoxy) is 1. The van der Waals surface area contributed by atoms with E-state index in [1.54, 1.807) is 31.2 Å². The quantitative estimate of drug-likeness (QED) is 0.740. The molecule has 7 heteroatoms. The van der Waals surface area contributed by atoms with Gasteiger partial charge in [-0.05, 0) is 24.6 Å². The van der Waals surface area contributed by atoms with Crippen molar-refractivity contribution in [1.29, 1.82) is 0 Å². The molecule has 4 rings (SSSR count). The van der Waals surface area contributed by atoms with Gasteiger partial charge in [0, 0.05) is 19.6 Å². The van der Waals surface area contributed by atoms with Crippen LogP contribution in [0.4, 0.5) is 0 Å². The van der Waals surface area contributed by atoms with E-state index in [1.165, 1.54) is 0 Å². The Morgan fingerprint density at radius 2 is 1.53 bits per heavy atom. The van der Waals surface area contributed by atoms with Crippen molar-refractivity contribution in [1.82, 2.24) is 15.1 Å². The largest absolute Gasteiger partial charge is 0.379 e. The number of nitrogens with one attached hydrogen (secondary N) is 1. The fourth-order valence-electron chi connectivity index (χ4n) is 4.04. The van der Waals surface area contributed by atoms with Crippen LogP contribution in [-0.4, -0.2) is 66.4 Å². The molecule has 30 heavy (non-hydrogen) atoms. The summed E-state index contributed by atoms with van der Waals surface area (Å²) < 4.78 is 5.46. The molecule has 2 aromatic rings. The highest BCUT2D eigenvalue weighted by Crippen LogP contribution is 2.25. The standard InChI is InChI=1S/C23H25N3O4/c1-16(26-22(28)18-9-5-6-10-19(18)23(26)29)21(27)24-15-20(17-7-3-2-4-8-17)25-11-13-30-14-12-25/h2-10,16,20H,11-15H2,1H3,(H,24,27). The maximum absolute atomic E-state index is 12.9. The van der Waals surface area contributed by atoms with Gasteiger partial charge in [-0.1, -0.05) is 42.5 Å². The maximum Gasteiger partial charge on any atom is 0.262 e. The van der Waals surface area contributed by atoms with E-state index < -0.39 is 17.9 Å². The first-order valence-electron chi connectivity index (χ1n) is 10.2. The van der Waals surface area contributed by atoms with E-state index in [9.17, 15) is 14.4 Å². The number of morpholine rings is 1. The fourth-order valence-corrected chi connectivity index (χ4v) is 4.04. The van der Waals surface area contributed by atoms with E-state index >= 15 is 0 Å². The summed E-state index contributed by atoms with van der Waals surface area (Å²) in [4.78, 5) is 41.5. The first-order chi connectivity index (χ1) is 14.6. The molecule has 2 atom stereocenters. The van der Waals surface area contributed by atoms with Crippen LogP contribution < -0.4 is 5.32 Å². The Kier molecular flexibility index (Phi) is 5.92. The maximum atomic E-state index is 12.9. The van der Waals surface area contributed by atoms with Crippen LogP contribution in [0, 0.1) is 0 Å². The molecule has 2 aliphatic rings. The van der Waals surface area contributed by atoms with Crippen LogP contribution in [-0.2, 0) is 9.53 Å². The van der Waals surface area contributed by atoms with Crippen molar-refractivity contribution in [2.24, 2.45) is 0 Å². The number of benzene rings is 2. The van der Waals surface area contributed by atoms with Crippen LogP contribution >= 0.6 is 0 Å². The molecule has 2 unspecified atom stereocenters.